The van der Waals surface area contributed by atoms with Gasteiger partial charge in [-0.3, -0.25) is 4.79 Å². The lowest BCUT2D eigenvalue weighted by Gasteiger charge is -2.25. The first-order valence-corrected chi connectivity index (χ1v) is 6.87. The molecule has 0 aliphatic carbocycles. The number of aliphatic hydroxyl groups is 1. The number of carbonyl (C=O) groups is 1. The Balaban J connectivity index is 2.71. The van der Waals surface area contributed by atoms with Gasteiger partial charge in [0.1, 0.15) is 0 Å². The van der Waals surface area contributed by atoms with Crippen LogP contribution in [0, 0.1) is 5.41 Å². The van der Waals surface area contributed by atoms with Gasteiger partial charge in [0, 0.05) is 14.2 Å². The molecule has 0 aliphatic heterocycles. The third-order valence-corrected chi connectivity index (χ3v) is 2.93. The van der Waals surface area contributed by atoms with E-state index in [1.807, 2.05) is 0 Å². The van der Waals surface area contributed by atoms with Gasteiger partial charge in [-0.1, -0.05) is 20.8 Å². The van der Waals surface area contributed by atoms with Crippen molar-refractivity contribution in [1.82, 2.24) is 5.32 Å². The molecule has 1 aromatic rings. The molecule has 120 valence electrons. The van der Waals surface area contributed by atoms with Crippen LogP contribution < -0.4 is 5.32 Å². The summed E-state index contributed by atoms with van der Waals surface area (Å²) in [5.74, 6) is 0.216. The zero-order chi connectivity index (χ0) is 16.0. The normalized spacial score (nSPS) is 13.5. The summed E-state index contributed by atoms with van der Waals surface area (Å²) in [4.78, 5) is 12.1. The van der Waals surface area contributed by atoms with Gasteiger partial charge in [0.05, 0.1) is 12.6 Å². The van der Waals surface area contributed by atoms with E-state index >= 15 is 0 Å². The zero-order valence-corrected chi connectivity index (χ0v) is 13.3. The van der Waals surface area contributed by atoms with E-state index in [4.69, 9.17) is 13.9 Å². The van der Waals surface area contributed by atoms with Crippen molar-refractivity contribution in [1.29, 1.82) is 0 Å². The van der Waals surface area contributed by atoms with Gasteiger partial charge in [0.2, 0.25) is 6.29 Å². The van der Waals surface area contributed by atoms with E-state index in [2.05, 4.69) is 26.1 Å². The van der Waals surface area contributed by atoms with Crippen LogP contribution in [0.2, 0.25) is 0 Å². The average Bonchev–Trinajstić information content (AvgIpc) is 2.87. The average molecular weight is 299 g/mol. The fourth-order valence-corrected chi connectivity index (χ4v) is 2.09. The number of amides is 1. The molecule has 0 fully saturated rings. The van der Waals surface area contributed by atoms with Crippen LogP contribution in [-0.4, -0.2) is 37.9 Å². The van der Waals surface area contributed by atoms with E-state index in [0.29, 0.717) is 12.2 Å². The molecule has 6 nitrogen and oxygen atoms in total. The van der Waals surface area contributed by atoms with Crippen LogP contribution in [-0.2, 0) is 9.47 Å². The third kappa shape index (κ3) is 5.49. The minimum Gasteiger partial charge on any atom is -0.451 e. The Bertz CT molecular complexity index is 445. The summed E-state index contributed by atoms with van der Waals surface area (Å²) in [6, 6.07) is 2.87. The van der Waals surface area contributed by atoms with Crippen LogP contribution in [0.25, 0.3) is 0 Å². The van der Waals surface area contributed by atoms with Gasteiger partial charge in [-0.15, -0.1) is 0 Å². The van der Waals surface area contributed by atoms with Crippen molar-refractivity contribution in [2.24, 2.45) is 5.41 Å². The van der Waals surface area contributed by atoms with Crippen molar-refractivity contribution in [3.8, 4) is 0 Å². The SMILES string of the molecule is COC(OC)c1ccc(C(=O)N[C@H](CO)CC(C)(C)C)o1. The van der Waals surface area contributed by atoms with Gasteiger partial charge in [-0.05, 0) is 24.0 Å². The molecule has 0 saturated heterocycles. The van der Waals surface area contributed by atoms with Crippen molar-refractivity contribution in [3.63, 3.8) is 0 Å². The minimum atomic E-state index is -0.644. The highest BCUT2D eigenvalue weighted by atomic mass is 16.7. The highest BCUT2D eigenvalue weighted by Gasteiger charge is 2.23. The highest BCUT2D eigenvalue weighted by Crippen LogP contribution is 2.22. The minimum absolute atomic E-state index is 0.00615. The fraction of sp³-hybridized carbons (Fsp3) is 0.667. The zero-order valence-electron chi connectivity index (χ0n) is 13.3. The van der Waals surface area contributed by atoms with Gasteiger partial charge >= 0.3 is 0 Å². The molecule has 1 heterocycles. The summed E-state index contributed by atoms with van der Waals surface area (Å²) in [6.07, 6.45) is 0.0245. The molecule has 0 unspecified atom stereocenters. The monoisotopic (exact) mass is 299 g/mol. The Morgan fingerprint density at radius 3 is 2.43 bits per heavy atom. The Kier molecular flexibility index (Phi) is 6.39. The molecule has 0 radical (unpaired) electrons. The Labute approximate surface area is 125 Å². The molecular weight excluding hydrogens is 274 g/mol. The molecule has 0 aromatic carbocycles. The van der Waals surface area contributed by atoms with E-state index in [9.17, 15) is 9.90 Å². The molecule has 0 spiro atoms. The van der Waals surface area contributed by atoms with E-state index in [-0.39, 0.29) is 29.7 Å². The first kappa shape index (κ1) is 17.7. The molecule has 1 rings (SSSR count). The number of hydrogen-bond acceptors (Lipinski definition) is 5. The van der Waals surface area contributed by atoms with Gasteiger partial charge < -0.3 is 24.3 Å². The van der Waals surface area contributed by atoms with Crippen LogP contribution in [0.3, 0.4) is 0 Å². The largest absolute Gasteiger partial charge is 0.451 e. The van der Waals surface area contributed by atoms with Gasteiger partial charge in [0.25, 0.3) is 5.91 Å². The molecule has 1 aromatic heterocycles. The molecule has 6 heteroatoms. The molecular formula is C15H25NO5. The lowest BCUT2D eigenvalue weighted by atomic mass is 9.88. The number of furan rings is 1. The molecule has 0 bridgehead atoms. The number of carbonyl (C=O) groups excluding carboxylic acids is 1. The maximum atomic E-state index is 12.1. The highest BCUT2D eigenvalue weighted by molar-refractivity contribution is 5.91. The summed E-state index contributed by atoms with van der Waals surface area (Å²) in [5.41, 5.74) is 0.00615. The number of methoxy groups -OCH3 is 2. The first-order chi connectivity index (χ1) is 9.80. The number of hydrogen-bond donors (Lipinski definition) is 2. The van der Waals surface area contributed by atoms with Gasteiger partial charge in [-0.25, -0.2) is 0 Å². The second-order valence-electron chi connectivity index (χ2n) is 6.12. The van der Waals surface area contributed by atoms with Crippen LogP contribution >= 0.6 is 0 Å². The number of aliphatic hydroxyl groups excluding tert-OH is 1. The summed E-state index contributed by atoms with van der Waals surface area (Å²) in [5, 5.41) is 12.1. The van der Waals surface area contributed by atoms with Gasteiger partial charge in [0.15, 0.2) is 11.5 Å². The second kappa shape index (κ2) is 7.59. The summed E-state index contributed by atoms with van der Waals surface area (Å²) >= 11 is 0. The summed E-state index contributed by atoms with van der Waals surface area (Å²) in [6.45, 7) is 6.03. The lowest BCUT2D eigenvalue weighted by molar-refractivity contribution is -0.118. The molecule has 2 N–H and O–H groups in total. The van der Waals surface area contributed by atoms with Crippen LogP contribution in [0.15, 0.2) is 16.5 Å². The lowest BCUT2D eigenvalue weighted by Crippen LogP contribution is -2.39. The van der Waals surface area contributed by atoms with Crippen molar-refractivity contribution < 1.29 is 23.8 Å². The molecule has 0 saturated carbocycles. The second-order valence-corrected chi connectivity index (χ2v) is 6.12. The smallest absolute Gasteiger partial charge is 0.287 e. The topological polar surface area (TPSA) is 80.9 Å². The van der Waals surface area contributed by atoms with Crippen molar-refractivity contribution in [2.75, 3.05) is 20.8 Å². The van der Waals surface area contributed by atoms with Crippen LogP contribution in [0.4, 0.5) is 0 Å². The van der Waals surface area contributed by atoms with Crippen molar-refractivity contribution in [2.45, 2.75) is 39.5 Å². The van der Waals surface area contributed by atoms with E-state index in [1.54, 1.807) is 12.1 Å². The molecule has 1 atom stereocenters. The van der Waals surface area contributed by atoms with Crippen LogP contribution in [0.5, 0.6) is 0 Å². The third-order valence-electron chi connectivity index (χ3n) is 2.93. The van der Waals surface area contributed by atoms with E-state index in [0.717, 1.165) is 0 Å². The fourth-order valence-electron chi connectivity index (χ4n) is 2.09. The van der Waals surface area contributed by atoms with E-state index in [1.165, 1.54) is 14.2 Å². The molecule has 21 heavy (non-hydrogen) atoms. The summed E-state index contributed by atoms with van der Waals surface area (Å²) < 4.78 is 15.5. The standard InChI is InChI=1S/C15H25NO5/c1-15(2,3)8-10(9-17)16-13(18)11-6-7-12(21-11)14(19-4)20-5/h6-7,10,14,17H,8-9H2,1-5H3,(H,16,18)/t10-/m0/s1. The van der Waals surface area contributed by atoms with E-state index < -0.39 is 6.29 Å². The summed E-state index contributed by atoms with van der Waals surface area (Å²) in [7, 11) is 2.98. The van der Waals surface area contributed by atoms with Gasteiger partial charge in [-0.2, -0.15) is 0 Å². The van der Waals surface area contributed by atoms with Crippen LogP contribution in [0.1, 0.15) is 49.8 Å². The number of nitrogens with one attached hydrogen (secondary N) is 1. The first-order valence-electron chi connectivity index (χ1n) is 6.87. The Morgan fingerprint density at radius 2 is 1.95 bits per heavy atom. The maximum absolute atomic E-state index is 12.1. The number of rotatable bonds is 7. The predicted octanol–water partition coefficient (Wildman–Crippen LogP) is 2.10. The predicted molar refractivity (Wildman–Crippen MR) is 77.9 cm³/mol. The number of ether oxygens (including phenoxy) is 2. The Hall–Kier alpha value is -1.37. The molecule has 0 aliphatic rings. The van der Waals surface area contributed by atoms with Crippen molar-refractivity contribution >= 4 is 5.91 Å². The molecule has 1 amide bonds. The maximum Gasteiger partial charge on any atom is 0.287 e. The quantitative estimate of drug-likeness (QED) is 0.754. The Morgan fingerprint density at radius 1 is 1.33 bits per heavy atom. The van der Waals surface area contributed by atoms with Crippen molar-refractivity contribution in [3.05, 3.63) is 23.7 Å².